The molecule has 134 valence electrons. The molecule has 25 heavy (non-hydrogen) atoms. The SMILES string of the molecule is CCC[C@]1(C(=O)O)CCN(Cc2cccc(-n3cccn3)c2)C[C@@H]1O. The lowest BCUT2D eigenvalue weighted by Crippen LogP contribution is -2.54. The summed E-state index contributed by atoms with van der Waals surface area (Å²) in [5.74, 6) is -0.873. The van der Waals surface area contributed by atoms with Gasteiger partial charge in [-0.15, -0.1) is 0 Å². The summed E-state index contributed by atoms with van der Waals surface area (Å²) in [5.41, 5.74) is 1.12. The van der Waals surface area contributed by atoms with Crippen LogP contribution < -0.4 is 0 Å². The zero-order chi connectivity index (χ0) is 17.9. The average Bonchev–Trinajstić information content (AvgIpc) is 3.12. The van der Waals surface area contributed by atoms with E-state index >= 15 is 0 Å². The van der Waals surface area contributed by atoms with Gasteiger partial charge < -0.3 is 10.2 Å². The third-order valence-corrected chi connectivity index (χ3v) is 5.15. The Bertz CT molecular complexity index is 716. The number of carboxylic acids is 1. The van der Waals surface area contributed by atoms with Gasteiger partial charge in [0.25, 0.3) is 0 Å². The highest BCUT2D eigenvalue weighted by atomic mass is 16.4. The van der Waals surface area contributed by atoms with Crippen molar-refractivity contribution in [2.75, 3.05) is 13.1 Å². The second-order valence-corrected chi connectivity index (χ2v) is 6.83. The van der Waals surface area contributed by atoms with E-state index in [-0.39, 0.29) is 0 Å². The van der Waals surface area contributed by atoms with Crippen molar-refractivity contribution in [3.05, 3.63) is 48.3 Å². The summed E-state index contributed by atoms with van der Waals surface area (Å²) in [4.78, 5) is 13.9. The molecule has 0 unspecified atom stereocenters. The molecule has 6 heteroatoms. The number of hydrogen-bond acceptors (Lipinski definition) is 4. The number of carbonyl (C=O) groups is 1. The predicted molar refractivity (Wildman–Crippen MR) is 94.4 cm³/mol. The molecule has 2 atom stereocenters. The van der Waals surface area contributed by atoms with E-state index in [9.17, 15) is 15.0 Å². The molecule has 0 radical (unpaired) electrons. The van der Waals surface area contributed by atoms with Gasteiger partial charge in [-0.05, 0) is 43.1 Å². The summed E-state index contributed by atoms with van der Waals surface area (Å²) in [6, 6.07) is 9.99. The number of rotatable bonds is 6. The molecule has 1 aromatic carbocycles. The lowest BCUT2D eigenvalue weighted by Gasteiger charge is -2.42. The van der Waals surface area contributed by atoms with Crippen LogP contribution in [0.2, 0.25) is 0 Å². The Morgan fingerprint density at radius 1 is 1.40 bits per heavy atom. The molecule has 2 N–H and O–H groups in total. The number of aromatic nitrogens is 2. The first kappa shape index (κ1) is 17.6. The molecule has 0 bridgehead atoms. The van der Waals surface area contributed by atoms with E-state index in [0.29, 0.717) is 32.5 Å². The first-order valence-corrected chi connectivity index (χ1v) is 8.78. The average molecular weight is 343 g/mol. The van der Waals surface area contributed by atoms with E-state index in [4.69, 9.17) is 0 Å². The predicted octanol–water partition coefficient (Wildman–Crippen LogP) is 2.31. The molecule has 1 saturated heterocycles. The molecule has 0 spiro atoms. The third kappa shape index (κ3) is 3.60. The third-order valence-electron chi connectivity index (χ3n) is 5.15. The van der Waals surface area contributed by atoms with E-state index in [1.165, 1.54) is 0 Å². The van der Waals surface area contributed by atoms with Crippen LogP contribution in [0.1, 0.15) is 31.7 Å². The Morgan fingerprint density at radius 2 is 2.24 bits per heavy atom. The summed E-state index contributed by atoms with van der Waals surface area (Å²) >= 11 is 0. The molecular weight excluding hydrogens is 318 g/mol. The number of likely N-dealkylation sites (tertiary alicyclic amines) is 1. The second kappa shape index (κ2) is 7.37. The van der Waals surface area contributed by atoms with Gasteiger partial charge in [0.2, 0.25) is 0 Å². The van der Waals surface area contributed by atoms with Crippen LogP contribution in [-0.4, -0.2) is 50.1 Å². The maximum absolute atomic E-state index is 11.7. The minimum atomic E-state index is -0.998. The van der Waals surface area contributed by atoms with E-state index in [0.717, 1.165) is 17.7 Å². The second-order valence-electron chi connectivity index (χ2n) is 6.83. The van der Waals surface area contributed by atoms with Crippen LogP contribution in [-0.2, 0) is 11.3 Å². The molecule has 6 nitrogen and oxygen atoms in total. The number of aliphatic carboxylic acids is 1. The van der Waals surface area contributed by atoms with Gasteiger partial charge in [-0.2, -0.15) is 5.10 Å². The van der Waals surface area contributed by atoms with E-state index in [1.807, 2.05) is 42.1 Å². The number of benzene rings is 1. The molecule has 1 aliphatic heterocycles. The Morgan fingerprint density at radius 3 is 2.88 bits per heavy atom. The maximum atomic E-state index is 11.7. The number of β-amino-alcohol motifs (C(OH)–C–C–N with tert-alkyl or cyclic N) is 1. The molecule has 1 aromatic heterocycles. The molecular formula is C19H25N3O3. The smallest absolute Gasteiger partial charge is 0.312 e. The monoisotopic (exact) mass is 343 g/mol. The number of aliphatic hydroxyl groups is 1. The molecule has 2 heterocycles. The first-order valence-electron chi connectivity index (χ1n) is 8.78. The van der Waals surface area contributed by atoms with Crippen molar-refractivity contribution < 1.29 is 15.0 Å². The Labute approximate surface area is 147 Å². The highest BCUT2D eigenvalue weighted by Crippen LogP contribution is 2.37. The van der Waals surface area contributed by atoms with Crippen molar-refractivity contribution in [1.29, 1.82) is 0 Å². The van der Waals surface area contributed by atoms with Crippen molar-refractivity contribution in [3.8, 4) is 5.69 Å². The fourth-order valence-corrected chi connectivity index (χ4v) is 3.75. The number of hydrogen-bond donors (Lipinski definition) is 2. The van der Waals surface area contributed by atoms with Gasteiger partial charge in [0.1, 0.15) is 0 Å². The zero-order valence-corrected chi connectivity index (χ0v) is 14.5. The summed E-state index contributed by atoms with van der Waals surface area (Å²) in [6.45, 7) is 3.71. The summed E-state index contributed by atoms with van der Waals surface area (Å²) in [6.07, 6.45) is 4.56. The van der Waals surface area contributed by atoms with Crippen LogP contribution in [0, 0.1) is 5.41 Å². The largest absolute Gasteiger partial charge is 0.481 e. The van der Waals surface area contributed by atoms with Crippen LogP contribution in [0.15, 0.2) is 42.7 Å². The highest BCUT2D eigenvalue weighted by molar-refractivity contribution is 5.75. The summed E-state index contributed by atoms with van der Waals surface area (Å²) in [7, 11) is 0. The minimum Gasteiger partial charge on any atom is -0.481 e. The quantitative estimate of drug-likeness (QED) is 0.841. The minimum absolute atomic E-state index is 0.387. The Hall–Kier alpha value is -2.18. The van der Waals surface area contributed by atoms with E-state index < -0.39 is 17.5 Å². The van der Waals surface area contributed by atoms with Crippen LogP contribution in [0.25, 0.3) is 5.69 Å². The molecule has 0 aliphatic carbocycles. The van der Waals surface area contributed by atoms with Crippen molar-refractivity contribution >= 4 is 5.97 Å². The summed E-state index contributed by atoms with van der Waals surface area (Å²) in [5, 5.41) is 24.4. The Balaban J connectivity index is 1.69. The summed E-state index contributed by atoms with van der Waals surface area (Å²) < 4.78 is 1.81. The molecule has 2 aromatic rings. The van der Waals surface area contributed by atoms with Gasteiger partial charge in [-0.3, -0.25) is 9.69 Å². The lowest BCUT2D eigenvalue weighted by atomic mass is 9.73. The van der Waals surface area contributed by atoms with Gasteiger partial charge in [0, 0.05) is 25.5 Å². The number of carboxylic acid groups (broad SMARTS) is 1. The van der Waals surface area contributed by atoms with Gasteiger partial charge in [-0.25, -0.2) is 4.68 Å². The van der Waals surface area contributed by atoms with Crippen molar-refractivity contribution in [1.82, 2.24) is 14.7 Å². The zero-order valence-electron chi connectivity index (χ0n) is 14.5. The lowest BCUT2D eigenvalue weighted by molar-refractivity contribution is -0.164. The van der Waals surface area contributed by atoms with Crippen LogP contribution >= 0.6 is 0 Å². The fourth-order valence-electron chi connectivity index (χ4n) is 3.75. The van der Waals surface area contributed by atoms with Crippen LogP contribution in [0.5, 0.6) is 0 Å². The molecule has 3 rings (SSSR count). The number of aliphatic hydroxyl groups excluding tert-OH is 1. The van der Waals surface area contributed by atoms with Crippen molar-refractivity contribution in [3.63, 3.8) is 0 Å². The first-order chi connectivity index (χ1) is 12.0. The standard InChI is InChI=1S/C19H25N3O3/c1-2-7-19(18(24)25)8-11-21(14-17(19)23)13-15-5-3-6-16(12-15)22-10-4-9-20-22/h3-6,9-10,12,17,23H,2,7-8,11,13-14H2,1H3,(H,24,25)/t17-,19-/m0/s1. The highest BCUT2D eigenvalue weighted by Gasteiger charge is 2.47. The van der Waals surface area contributed by atoms with E-state index in [1.54, 1.807) is 6.20 Å². The van der Waals surface area contributed by atoms with Crippen molar-refractivity contribution in [2.24, 2.45) is 5.41 Å². The van der Waals surface area contributed by atoms with Gasteiger partial charge in [0.15, 0.2) is 0 Å². The maximum Gasteiger partial charge on any atom is 0.312 e. The number of piperidine rings is 1. The molecule has 1 aliphatic rings. The van der Waals surface area contributed by atoms with Crippen molar-refractivity contribution in [2.45, 2.75) is 38.8 Å². The van der Waals surface area contributed by atoms with Crippen LogP contribution in [0.3, 0.4) is 0 Å². The normalized spacial score (nSPS) is 24.3. The van der Waals surface area contributed by atoms with Gasteiger partial charge >= 0.3 is 5.97 Å². The molecule has 0 saturated carbocycles. The van der Waals surface area contributed by atoms with Gasteiger partial charge in [-0.1, -0.05) is 25.5 Å². The van der Waals surface area contributed by atoms with Gasteiger partial charge in [0.05, 0.1) is 17.2 Å². The topological polar surface area (TPSA) is 78.6 Å². The number of nitrogens with zero attached hydrogens (tertiary/aromatic N) is 3. The fraction of sp³-hybridized carbons (Fsp3) is 0.474. The molecule has 0 amide bonds. The van der Waals surface area contributed by atoms with E-state index in [2.05, 4.69) is 16.1 Å². The Kier molecular flexibility index (Phi) is 5.20. The van der Waals surface area contributed by atoms with Crippen LogP contribution in [0.4, 0.5) is 0 Å². The molecule has 1 fully saturated rings.